The van der Waals surface area contributed by atoms with Gasteiger partial charge in [-0.1, -0.05) is 0 Å². The summed E-state index contributed by atoms with van der Waals surface area (Å²) in [6.07, 6.45) is 8.12. The van der Waals surface area contributed by atoms with Crippen LogP contribution in [0.2, 0.25) is 0 Å². The molecule has 0 radical (unpaired) electrons. The predicted octanol–water partition coefficient (Wildman–Crippen LogP) is -5.66. The van der Waals surface area contributed by atoms with Crippen molar-refractivity contribution in [3.05, 3.63) is 0 Å². The smallest absolute Gasteiger partial charge is 0.351 e. The standard InChI is InChI=1S/C12H19NO.ClHO4.Li/c1-8(14)13-12-5-9-2-10(6-12)4-11(3-9)7-12;2-1(3,4)5;/h9-11H,2-7H2,1H3,(H,13,14);(H,2,3,4,5);/q;;+1/p-1. The zero-order chi connectivity index (χ0) is 14.3. The maximum Gasteiger partial charge on any atom is 1.00 e. The summed E-state index contributed by atoms with van der Waals surface area (Å²) < 4.78 is 34.0. The molecular formula is C12H19ClLiNO5. The Hall–Kier alpha value is 0.197. The number of carbonyl (C=O) groups is 1. The summed E-state index contributed by atoms with van der Waals surface area (Å²) in [6.45, 7) is 1.67. The minimum atomic E-state index is -4.94. The minimum absolute atomic E-state index is 0. The number of rotatable bonds is 1. The van der Waals surface area contributed by atoms with Gasteiger partial charge in [0.05, 0.1) is 0 Å². The number of carbonyl (C=O) groups excluding carboxylic acids is 1. The molecule has 4 rings (SSSR count). The SMILES string of the molecule is CC(=O)NC12CC3CC(CC(C3)C1)C2.[Li+].[O-][Cl+3]([O-])([O-])[O-]. The summed E-state index contributed by atoms with van der Waals surface area (Å²) in [5, 5.41) is 3.25. The fourth-order valence-electron chi connectivity index (χ4n) is 4.64. The second-order valence-corrected chi connectivity index (χ2v) is 7.01. The van der Waals surface area contributed by atoms with Crippen LogP contribution in [0.1, 0.15) is 45.4 Å². The number of hydrogen-bond acceptors (Lipinski definition) is 5. The van der Waals surface area contributed by atoms with E-state index in [9.17, 15) is 4.79 Å². The molecule has 4 saturated carbocycles. The molecule has 0 heterocycles. The van der Waals surface area contributed by atoms with Crippen molar-refractivity contribution in [3.63, 3.8) is 0 Å². The summed E-state index contributed by atoms with van der Waals surface area (Å²) in [5.74, 6) is 2.95. The van der Waals surface area contributed by atoms with Gasteiger partial charge in [-0.2, -0.15) is 0 Å². The van der Waals surface area contributed by atoms with Crippen molar-refractivity contribution in [1.29, 1.82) is 0 Å². The van der Waals surface area contributed by atoms with E-state index in [1.54, 1.807) is 6.92 Å². The van der Waals surface area contributed by atoms with Crippen LogP contribution >= 0.6 is 0 Å². The minimum Gasteiger partial charge on any atom is -0.351 e. The molecule has 0 aromatic rings. The Morgan fingerprint density at radius 3 is 1.55 bits per heavy atom. The van der Waals surface area contributed by atoms with E-state index >= 15 is 0 Å². The Balaban J connectivity index is 0.000000293. The Bertz CT molecular complexity index is 319. The van der Waals surface area contributed by atoms with Crippen LogP contribution in [-0.2, 0) is 4.79 Å². The van der Waals surface area contributed by atoms with E-state index in [1.165, 1.54) is 38.5 Å². The van der Waals surface area contributed by atoms with Gasteiger partial charge in [-0.15, -0.1) is 10.2 Å². The Morgan fingerprint density at radius 1 is 1.00 bits per heavy atom. The van der Waals surface area contributed by atoms with Crippen molar-refractivity contribution in [2.75, 3.05) is 0 Å². The molecule has 0 spiro atoms. The maximum absolute atomic E-state index is 11.2. The first-order valence-electron chi connectivity index (χ1n) is 6.56. The van der Waals surface area contributed by atoms with Gasteiger partial charge in [-0.05, 0) is 56.3 Å². The molecule has 6 nitrogen and oxygen atoms in total. The molecule has 8 heteroatoms. The second-order valence-electron chi connectivity index (χ2n) is 6.26. The topological polar surface area (TPSA) is 121 Å². The normalized spacial score (nSPS) is 37.5. The average molecular weight is 300 g/mol. The van der Waals surface area contributed by atoms with Gasteiger partial charge in [0.2, 0.25) is 5.91 Å². The zero-order valence-electron chi connectivity index (χ0n) is 11.9. The van der Waals surface area contributed by atoms with Crippen LogP contribution in [0.4, 0.5) is 0 Å². The van der Waals surface area contributed by atoms with Gasteiger partial charge in [-0.25, -0.2) is 18.6 Å². The number of amides is 1. The van der Waals surface area contributed by atoms with Crippen molar-refractivity contribution < 1.29 is 52.5 Å². The first-order chi connectivity index (χ1) is 8.65. The third kappa shape index (κ3) is 5.19. The maximum atomic E-state index is 11.2. The summed E-state index contributed by atoms with van der Waals surface area (Å²) in [4.78, 5) is 11.2. The zero-order valence-corrected chi connectivity index (χ0v) is 12.6. The van der Waals surface area contributed by atoms with Crippen LogP contribution in [0.3, 0.4) is 0 Å². The van der Waals surface area contributed by atoms with Crippen LogP contribution < -0.4 is 42.8 Å². The van der Waals surface area contributed by atoms with Crippen molar-refractivity contribution >= 4 is 5.91 Å². The van der Waals surface area contributed by atoms with Crippen molar-refractivity contribution in [1.82, 2.24) is 5.32 Å². The van der Waals surface area contributed by atoms with Crippen molar-refractivity contribution in [2.24, 2.45) is 17.8 Å². The number of nitrogens with one attached hydrogen (secondary N) is 1. The fourth-order valence-corrected chi connectivity index (χ4v) is 4.64. The third-order valence-electron chi connectivity index (χ3n) is 4.48. The van der Waals surface area contributed by atoms with Gasteiger partial charge < -0.3 is 5.32 Å². The summed E-state index contributed by atoms with van der Waals surface area (Å²) in [7, 11) is -4.94. The molecule has 4 fully saturated rings. The third-order valence-corrected chi connectivity index (χ3v) is 4.48. The number of halogens is 1. The quantitative estimate of drug-likeness (QED) is 0.484. The molecule has 0 atom stereocenters. The molecule has 0 unspecified atom stereocenters. The Kier molecular flexibility index (Phi) is 5.96. The van der Waals surface area contributed by atoms with E-state index in [1.807, 2.05) is 0 Å². The Morgan fingerprint density at radius 2 is 1.30 bits per heavy atom. The van der Waals surface area contributed by atoms with Gasteiger partial charge in [0, 0.05) is 12.5 Å². The van der Waals surface area contributed by atoms with E-state index in [0.717, 1.165) is 17.8 Å². The summed E-state index contributed by atoms with van der Waals surface area (Å²) in [5.41, 5.74) is 0.223. The van der Waals surface area contributed by atoms with E-state index in [-0.39, 0.29) is 30.3 Å². The molecule has 0 aromatic heterocycles. The van der Waals surface area contributed by atoms with Gasteiger partial charge in [0.1, 0.15) is 0 Å². The monoisotopic (exact) mass is 299 g/mol. The molecule has 20 heavy (non-hydrogen) atoms. The first-order valence-corrected chi connectivity index (χ1v) is 7.79. The largest absolute Gasteiger partial charge is 1.00 e. The first kappa shape index (κ1) is 18.2. The van der Waals surface area contributed by atoms with E-state index in [2.05, 4.69) is 5.32 Å². The van der Waals surface area contributed by atoms with E-state index in [4.69, 9.17) is 18.6 Å². The summed E-state index contributed by atoms with van der Waals surface area (Å²) >= 11 is 0. The fraction of sp³-hybridized carbons (Fsp3) is 0.917. The molecular weight excluding hydrogens is 281 g/mol. The van der Waals surface area contributed by atoms with Gasteiger partial charge in [0.25, 0.3) is 0 Å². The van der Waals surface area contributed by atoms with Crippen LogP contribution in [0.25, 0.3) is 0 Å². The van der Waals surface area contributed by atoms with E-state index in [0.29, 0.717) is 0 Å². The molecule has 1 N–H and O–H groups in total. The molecule has 110 valence electrons. The molecule has 1 amide bonds. The van der Waals surface area contributed by atoms with Gasteiger partial charge >= 0.3 is 18.9 Å². The molecule has 4 aliphatic carbocycles. The predicted molar refractivity (Wildman–Crippen MR) is 54.7 cm³/mol. The van der Waals surface area contributed by atoms with Crippen molar-refractivity contribution in [2.45, 2.75) is 51.0 Å². The van der Waals surface area contributed by atoms with Crippen LogP contribution in [-0.4, -0.2) is 11.4 Å². The average Bonchev–Trinajstić information content (AvgIpc) is 2.08. The van der Waals surface area contributed by atoms with Crippen LogP contribution in [0.5, 0.6) is 0 Å². The molecule has 4 bridgehead atoms. The van der Waals surface area contributed by atoms with E-state index < -0.39 is 10.2 Å². The molecule has 0 saturated heterocycles. The Labute approximate surface area is 132 Å². The molecule has 0 aliphatic heterocycles. The molecule has 0 aromatic carbocycles. The van der Waals surface area contributed by atoms with Crippen LogP contribution in [0, 0.1) is 28.0 Å². The van der Waals surface area contributed by atoms with Crippen molar-refractivity contribution in [3.8, 4) is 0 Å². The second kappa shape index (κ2) is 6.53. The van der Waals surface area contributed by atoms with Crippen LogP contribution in [0.15, 0.2) is 0 Å². The summed E-state index contributed by atoms with van der Waals surface area (Å²) in [6, 6.07) is 0. The van der Waals surface area contributed by atoms with Gasteiger partial charge in [0.15, 0.2) is 0 Å². The molecule has 4 aliphatic rings. The number of hydrogen-bond donors (Lipinski definition) is 1. The van der Waals surface area contributed by atoms with Gasteiger partial charge in [-0.3, -0.25) is 4.79 Å².